The molecule has 0 atom stereocenters. The predicted molar refractivity (Wildman–Crippen MR) is 53.0 cm³/mol. The van der Waals surface area contributed by atoms with Gasteiger partial charge in [-0.25, -0.2) is 0 Å². The molecule has 68 valence electrons. The zero-order chi connectivity index (χ0) is 8.81. The highest BCUT2D eigenvalue weighted by atomic mass is 14.9. The summed E-state index contributed by atoms with van der Waals surface area (Å²) in [7, 11) is 1.95. The van der Waals surface area contributed by atoms with E-state index in [1.165, 1.54) is 30.7 Å². The van der Waals surface area contributed by atoms with Gasteiger partial charge in [-0.3, -0.25) is 0 Å². The first-order chi connectivity index (χ1) is 5.83. The van der Waals surface area contributed by atoms with Gasteiger partial charge in [0, 0.05) is 19.3 Å². The van der Waals surface area contributed by atoms with E-state index >= 15 is 0 Å². The van der Waals surface area contributed by atoms with E-state index in [9.17, 15) is 0 Å². The summed E-state index contributed by atoms with van der Waals surface area (Å²) in [5.41, 5.74) is 2.73. The molecule has 2 heteroatoms. The maximum absolute atomic E-state index is 3.36. The molecule has 1 fully saturated rings. The largest absolute Gasteiger partial charge is 0.392 e. The van der Waals surface area contributed by atoms with Gasteiger partial charge in [-0.2, -0.15) is 0 Å². The minimum Gasteiger partial charge on any atom is -0.392 e. The lowest BCUT2D eigenvalue weighted by Crippen LogP contribution is -2.23. The van der Waals surface area contributed by atoms with E-state index in [4.69, 9.17) is 0 Å². The van der Waals surface area contributed by atoms with Gasteiger partial charge in [-0.15, -0.1) is 0 Å². The van der Waals surface area contributed by atoms with E-state index in [2.05, 4.69) is 29.7 Å². The van der Waals surface area contributed by atoms with Crippen molar-refractivity contribution in [3.8, 4) is 0 Å². The quantitative estimate of drug-likeness (QED) is 0.648. The Morgan fingerprint density at radius 3 is 3.00 bits per heavy atom. The minimum atomic E-state index is 1.06. The molecule has 1 saturated heterocycles. The molecule has 0 aromatic carbocycles. The Morgan fingerprint density at radius 2 is 2.42 bits per heavy atom. The number of rotatable bonds is 2. The van der Waals surface area contributed by atoms with Crippen molar-refractivity contribution < 1.29 is 0 Å². The van der Waals surface area contributed by atoms with Crippen LogP contribution in [0.5, 0.6) is 0 Å². The fourth-order valence-electron chi connectivity index (χ4n) is 1.25. The predicted octanol–water partition coefficient (Wildman–Crippen LogP) is 1.42. The molecular weight excluding hydrogens is 148 g/mol. The summed E-state index contributed by atoms with van der Waals surface area (Å²) < 4.78 is 0. The third-order valence-electron chi connectivity index (χ3n) is 2.17. The van der Waals surface area contributed by atoms with Crippen LogP contribution in [0.1, 0.15) is 19.8 Å². The zero-order valence-corrected chi connectivity index (χ0v) is 7.98. The Kier molecular flexibility index (Phi) is 3.88. The van der Waals surface area contributed by atoms with Crippen molar-refractivity contribution in [3.63, 3.8) is 0 Å². The third-order valence-corrected chi connectivity index (χ3v) is 2.17. The van der Waals surface area contributed by atoms with Crippen LogP contribution in [0.3, 0.4) is 0 Å². The van der Waals surface area contributed by atoms with Gasteiger partial charge in [-0.05, 0) is 32.4 Å². The van der Waals surface area contributed by atoms with Crippen LogP contribution in [0, 0.1) is 0 Å². The topological polar surface area (TPSA) is 24.1 Å². The van der Waals surface area contributed by atoms with Crippen molar-refractivity contribution in [2.75, 3.05) is 20.1 Å². The van der Waals surface area contributed by atoms with Gasteiger partial charge in [0.05, 0.1) is 0 Å². The van der Waals surface area contributed by atoms with E-state index in [0.717, 1.165) is 6.54 Å². The molecular formula is C10H18N2. The second-order valence-corrected chi connectivity index (χ2v) is 3.20. The molecule has 0 radical (unpaired) electrons. The number of hydrogen-bond donors (Lipinski definition) is 2. The van der Waals surface area contributed by atoms with Gasteiger partial charge in [0.2, 0.25) is 0 Å². The molecule has 0 bridgehead atoms. The molecule has 0 saturated carbocycles. The van der Waals surface area contributed by atoms with Crippen molar-refractivity contribution in [2.45, 2.75) is 19.8 Å². The Bertz CT molecular complexity index is 184. The van der Waals surface area contributed by atoms with Gasteiger partial charge in [0.15, 0.2) is 0 Å². The van der Waals surface area contributed by atoms with Crippen LogP contribution >= 0.6 is 0 Å². The first kappa shape index (κ1) is 9.33. The van der Waals surface area contributed by atoms with Crippen molar-refractivity contribution >= 4 is 0 Å². The average Bonchev–Trinajstić information content (AvgIpc) is 2.16. The van der Waals surface area contributed by atoms with Crippen molar-refractivity contribution in [2.24, 2.45) is 0 Å². The summed E-state index contributed by atoms with van der Waals surface area (Å²) >= 11 is 0. The SMILES string of the molecule is CN/C(C)=C\C=C1/CCCNC1. The smallest absolute Gasteiger partial charge is 0.0167 e. The summed E-state index contributed by atoms with van der Waals surface area (Å²) in [5, 5.41) is 6.46. The maximum Gasteiger partial charge on any atom is 0.0167 e. The normalized spacial score (nSPS) is 22.8. The number of hydrogen-bond acceptors (Lipinski definition) is 2. The molecule has 0 unspecified atom stereocenters. The van der Waals surface area contributed by atoms with Crippen molar-refractivity contribution in [3.05, 3.63) is 23.4 Å². The summed E-state index contributed by atoms with van der Waals surface area (Å²) in [6.45, 7) is 4.31. The lowest BCUT2D eigenvalue weighted by molar-refractivity contribution is 0.610. The van der Waals surface area contributed by atoms with E-state index in [1.807, 2.05) is 7.05 Å². The first-order valence-electron chi connectivity index (χ1n) is 4.57. The molecule has 1 aliphatic rings. The average molecular weight is 166 g/mol. The Labute approximate surface area is 74.7 Å². The van der Waals surface area contributed by atoms with E-state index in [-0.39, 0.29) is 0 Å². The summed E-state index contributed by atoms with van der Waals surface area (Å²) in [5.74, 6) is 0. The van der Waals surface area contributed by atoms with Crippen LogP contribution in [0.25, 0.3) is 0 Å². The molecule has 1 rings (SSSR count). The van der Waals surface area contributed by atoms with Gasteiger partial charge >= 0.3 is 0 Å². The van der Waals surface area contributed by atoms with Crippen molar-refractivity contribution in [1.29, 1.82) is 0 Å². The van der Waals surface area contributed by atoms with Gasteiger partial charge < -0.3 is 10.6 Å². The molecule has 2 N–H and O–H groups in total. The second kappa shape index (κ2) is 4.99. The molecule has 12 heavy (non-hydrogen) atoms. The van der Waals surface area contributed by atoms with Crippen LogP contribution in [0.15, 0.2) is 23.4 Å². The van der Waals surface area contributed by atoms with Crippen LogP contribution in [-0.4, -0.2) is 20.1 Å². The molecule has 1 heterocycles. The van der Waals surface area contributed by atoms with Crippen LogP contribution in [0.2, 0.25) is 0 Å². The molecule has 2 nitrogen and oxygen atoms in total. The third kappa shape index (κ3) is 3.09. The van der Waals surface area contributed by atoms with Crippen LogP contribution in [0.4, 0.5) is 0 Å². The summed E-state index contributed by atoms with van der Waals surface area (Å²) in [6.07, 6.45) is 6.89. The van der Waals surface area contributed by atoms with E-state index in [0.29, 0.717) is 0 Å². The second-order valence-electron chi connectivity index (χ2n) is 3.20. The monoisotopic (exact) mass is 166 g/mol. The van der Waals surface area contributed by atoms with E-state index < -0.39 is 0 Å². The van der Waals surface area contributed by atoms with Crippen LogP contribution < -0.4 is 10.6 Å². The van der Waals surface area contributed by atoms with Crippen molar-refractivity contribution in [1.82, 2.24) is 10.6 Å². The Hall–Kier alpha value is -0.760. The maximum atomic E-state index is 3.36. The highest BCUT2D eigenvalue weighted by Crippen LogP contribution is 2.08. The minimum absolute atomic E-state index is 1.06. The standard InChI is InChI=1S/C10H18N2/c1-9(11-2)5-6-10-4-3-7-12-8-10/h5-6,11-12H,3-4,7-8H2,1-2H3/b9-5-,10-6+. The molecule has 1 aliphatic heterocycles. The van der Waals surface area contributed by atoms with Crippen LogP contribution in [-0.2, 0) is 0 Å². The first-order valence-corrected chi connectivity index (χ1v) is 4.57. The molecule has 0 aliphatic carbocycles. The summed E-state index contributed by atoms with van der Waals surface area (Å²) in [6, 6.07) is 0. The Morgan fingerprint density at radius 1 is 1.58 bits per heavy atom. The molecule has 0 spiro atoms. The van der Waals surface area contributed by atoms with Gasteiger partial charge in [-0.1, -0.05) is 11.6 Å². The highest BCUT2D eigenvalue weighted by molar-refractivity contribution is 5.17. The van der Waals surface area contributed by atoms with Gasteiger partial charge in [0.1, 0.15) is 0 Å². The molecule has 0 aromatic heterocycles. The fourth-order valence-corrected chi connectivity index (χ4v) is 1.25. The molecule has 0 amide bonds. The number of piperidine rings is 1. The van der Waals surface area contributed by atoms with E-state index in [1.54, 1.807) is 0 Å². The highest BCUT2D eigenvalue weighted by Gasteiger charge is 2.01. The number of nitrogens with one attached hydrogen (secondary N) is 2. The summed E-state index contributed by atoms with van der Waals surface area (Å²) in [4.78, 5) is 0. The molecule has 0 aromatic rings. The van der Waals surface area contributed by atoms with Gasteiger partial charge in [0.25, 0.3) is 0 Å². The zero-order valence-electron chi connectivity index (χ0n) is 7.98. The number of allylic oxidation sites excluding steroid dienone is 3. The lowest BCUT2D eigenvalue weighted by Gasteiger charge is -2.14. The Balaban J connectivity index is 2.44. The lowest BCUT2D eigenvalue weighted by atomic mass is 10.1. The fraction of sp³-hybridized carbons (Fsp3) is 0.600.